The van der Waals surface area contributed by atoms with E-state index in [0.29, 0.717) is 18.9 Å². The van der Waals surface area contributed by atoms with Gasteiger partial charge in [-0.3, -0.25) is 11.3 Å². The van der Waals surface area contributed by atoms with Crippen molar-refractivity contribution in [2.75, 3.05) is 13.7 Å². The predicted molar refractivity (Wildman–Crippen MR) is 74.6 cm³/mol. The molecule has 3 nitrogen and oxygen atoms in total. The highest BCUT2D eigenvalue weighted by atomic mass is 79.9. The molecule has 0 radical (unpaired) electrons. The van der Waals surface area contributed by atoms with Crippen molar-refractivity contribution in [2.45, 2.75) is 25.8 Å². The van der Waals surface area contributed by atoms with Gasteiger partial charge in [-0.1, -0.05) is 22.9 Å². The number of benzene rings is 1. The normalized spacial score (nSPS) is 14.5. The van der Waals surface area contributed by atoms with Crippen molar-refractivity contribution in [1.29, 1.82) is 0 Å². The quantitative estimate of drug-likeness (QED) is 0.600. The Morgan fingerprint density at radius 2 is 2.17 bits per heavy atom. The number of hydrogen-bond donors (Lipinski definition) is 2. The Kier molecular flexibility index (Phi) is 6.78. The fourth-order valence-corrected chi connectivity index (χ4v) is 2.57. The minimum absolute atomic E-state index is 0.115. The number of rotatable bonds is 7. The SMILES string of the molecule is COCC(C)CC(Cc1cc(F)cc(Br)c1)NN. The molecule has 1 aromatic rings. The number of hydrazine groups is 1. The number of hydrogen-bond acceptors (Lipinski definition) is 3. The molecule has 2 unspecified atom stereocenters. The van der Waals surface area contributed by atoms with Crippen LogP contribution in [-0.2, 0) is 11.2 Å². The van der Waals surface area contributed by atoms with Gasteiger partial charge in [-0.2, -0.15) is 0 Å². The summed E-state index contributed by atoms with van der Waals surface area (Å²) in [6, 6.07) is 5.01. The Hall–Kier alpha value is -0.490. The average Bonchev–Trinajstić information content (AvgIpc) is 2.27. The van der Waals surface area contributed by atoms with Crippen molar-refractivity contribution in [3.8, 4) is 0 Å². The molecule has 0 aromatic heterocycles. The van der Waals surface area contributed by atoms with E-state index in [2.05, 4.69) is 28.3 Å². The van der Waals surface area contributed by atoms with Gasteiger partial charge in [0, 0.05) is 24.2 Å². The van der Waals surface area contributed by atoms with Crippen LogP contribution in [0.4, 0.5) is 4.39 Å². The first kappa shape index (κ1) is 15.6. The zero-order chi connectivity index (χ0) is 13.5. The summed E-state index contributed by atoms with van der Waals surface area (Å²) < 4.78 is 19.1. The minimum Gasteiger partial charge on any atom is -0.384 e. The molecular formula is C13H20BrFN2O. The maximum Gasteiger partial charge on any atom is 0.124 e. The largest absolute Gasteiger partial charge is 0.384 e. The van der Waals surface area contributed by atoms with E-state index < -0.39 is 0 Å². The zero-order valence-electron chi connectivity index (χ0n) is 10.7. The van der Waals surface area contributed by atoms with Crippen LogP contribution in [0.15, 0.2) is 22.7 Å². The fourth-order valence-electron chi connectivity index (χ4n) is 2.06. The van der Waals surface area contributed by atoms with E-state index in [1.54, 1.807) is 7.11 Å². The maximum atomic E-state index is 13.3. The molecule has 0 spiro atoms. The van der Waals surface area contributed by atoms with E-state index in [4.69, 9.17) is 10.6 Å². The molecule has 0 fully saturated rings. The van der Waals surface area contributed by atoms with Crippen LogP contribution in [0, 0.1) is 11.7 Å². The van der Waals surface area contributed by atoms with Gasteiger partial charge >= 0.3 is 0 Å². The summed E-state index contributed by atoms with van der Waals surface area (Å²) in [5.41, 5.74) is 3.71. The fraction of sp³-hybridized carbons (Fsp3) is 0.538. The topological polar surface area (TPSA) is 47.3 Å². The van der Waals surface area contributed by atoms with Crippen molar-refractivity contribution in [2.24, 2.45) is 11.8 Å². The summed E-state index contributed by atoms with van der Waals surface area (Å²) >= 11 is 3.29. The van der Waals surface area contributed by atoms with Crippen LogP contribution < -0.4 is 11.3 Å². The van der Waals surface area contributed by atoms with Gasteiger partial charge in [-0.25, -0.2) is 4.39 Å². The Bertz CT molecular complexity index is 356. The van der Waals surface area contributed by atoms with E-state index in [1.165, 1.54) is 12.1 Å². The van der Waals surface area contributed by atoms with Crippen LogP contribution in [0.25, 0.3) is 0 Å². The number of nitrogens with one attached hydrogen (secondary N) is 1. The molecule has 5 heteroatoms. The molecule has 0 saturated carbocycles. The van der Waals surface area contributed by atoms with E-state index in [-0.39, 0.29) is 11.9 Å². The molecule has 0 saturated heterocycles. The lowest BCUT2D eigenvalue weighted by Crippen LogP contribution is -2.38. The molecule has 0 aliphatic carbocycles. The average molecular weight is 319 g/mol. The van der Waals surface area contributed by atoms with Gasteiger partial charge in [-0.05, 0) is 42.5 Å². The van der Waals surface area contributed by atoms with Gasteiger partial charge in [0.25, 0.3) is 0 Å². The van der Waals surface area contributed by atoms with Gasteiger partial charge in [0.1, 0.15) is 5.82 Å². The number of halogens is 2. The van der Waals surface area contributed by atoms with E-state index in [0.717, 1.165) is 16.5 Å². The van der Waals surface area contributed by atoms with Crippen molar-refractivity contribution >= 4 is 15.9 Å². The van der Waals surface area contributed by atoms with E-state index in [9.17, 15) is 4.39 Å². The Morgan fingerprint density at radius 1 is 1.44 bits per heavy atom. The van der Waals surface area contributed by atoms with Gasteiger partial charge < -0.3 is 4.74 Å². The molecule has 1 rings (SSSR count). The molecular weight excluding hydrogens is 299 g/mol. The molecule has 2 atom stereocenters. The summed E-state index contributed by atoms with van der Waals surface area (Å²) in [5, 5.41) is 0. The summed E-state index contributed by atoms with van der Waals surface area (Å²) in [6.45, 7) is 2.81. The summed E-state index contributed by atoms with van der Waals surface area (Å²) in [5.74, 6) is 5.72. The molecule has 3 N–H and O–H groups in total. The standard InChI is InChI=1S/C13H20BrFN2O/c1-9(8-18-2)3-13(17-16)6-10-4-11(14)7-12(15)5-10/h4-5,7,9,13,17H,3,6,8,16H2,1-2H3. The van der Waals surface area contributed by atoms with Gasteiger partial charge in [0.15, 0.2) is 0 Å². The van der Waals surface area contributed by atoms with E-state index >= 15 is 0 Å². The van der Waals surface area contributed by atoms with Gasteiger partial charge in [0.2, 0.25) is 0 Å². The number of nitrogens with two attached hydrogens (primary N) is 1. The highest BCUT2D eigenvalue weighted by Gasteiger charge is 2.13. The molecule has 0 bridgehead atoms. The van der Waals surface area contributed by atoms with Crippen molar-refractivity contribution in [1.82, 2.24) is 5.43 Å². The molecule has 18 heavy (non-hydrogen) atoms. The van der Waals surface area contributed by atoms with Crippen LogP contribution in [0.1, 0.15) is 18.9 Å². The predicted octanol–water partition coefficient (Wildman–Crippen LogP) is 2.64. The maximum absolute atomic E-state index is 13.3. The first-order chi connectivity index (χ1) is 8.55. The Labute approximate surface area is 116 Å². The third kappa shape index (κ3) is 5.44. The smallest absolute Gasteiger partial charge is 0.124 e. The number of methoxy groups -OCH3 is 1. The zero-order valence-corrected chi connectivity index (χ0v) is 12.3. The van der Waals surface area contributed by atoms with Gasteiger partial charge in [0.05, 0.1) is 0 Å². The molecule has 0 aliphatic rings. The molecule has 1 aromatic carbocycles. The molecule has 0 aliphatic heterocycles. The van der Waals surface area contributed by atoms with Crippen LogP contribution in [0.3, 0.4) is 0 Å². The first-order valence-corrected chi connectivity index (χ1v) is 6.74. The Morgan fingerprint density at radius 3 is 2.72 bits per heavy atom. The highest BCUT2D eigenvalue weighted by molar-refractivity contribution is 9.10. The summed E-state index contributed by atoms with van der Waals surface area (Å²) in [4.78, 5) is 0. The minimum atomic E-state index is -0.236. The summed E-state index contributed by atoms with van der Waals surface area (Å²) in [6.07, 6.45) is 1.58. The first-order valence-electron chi connectivity index (χ1n) is 5.95. The van der Waals surface area contributed by atoms with Crippen LogP contribution >= 0.6 is 15.9 Å². The third-order valence-corrected chi connectivity index (χ3v) is 3.24. The second kappa shape index (κ2) is 7.84. The van der Waals surface area contributed by atoms with E-state index in [1.807, 2.05) is 6.07 Å². The second-order valence-electron chi connectivity index (χ2n) is 4.64. The third-order valence-electron chi connectivity index (χ3n) is 2.78. The van der Waals surface area contributed by atoms with Crippen molar-refractivity contribution < 1.29 is 9.13 Å². The van der Waals surface area contributed by atoms with Crippen LogP contribution in [0.5, 0.6) is 0 Å². The molecule has 0 amide bonds. The second-order valence-corrected chi connectivity index (χ2v) is 5.56. The lowest BCUT2D eigenvalue weighted by Gasteiger charge is -2.20. The van der Waals surface area contributed by atoms with Crippen LogP contribution in [-0.4, -0.2) is 19.8 Å². The summed E-state index contributed by atoms with van der Waals surface area (Å²) in [7, 11) is 1.69. The molecule has 102 valence electrons. The number of ether oxygens (including phenoxy) is 1. The van der Waals surface area contributed by atoms with Crippen molar-refractivity contribution in [3.63, 3.8) is 0 Å². The van der Waals surface area contributed by atoms with Crippen molar-refractivity contribution in [3.05, 3.63) is 34.1 Å². The van der Waals surface area contributed by atoms with Gasteiger partial charge in [-0.15, -0.1) is 0 Å². The van der Waals surface area contributed by atoms with Crippen LogP contribution in [0.2, 0.25) is 0 Å². The lowest BCUT2D eigenvalue weighted by molar-refractivity contribution is 0.149. The Balaban J connectivity index is 2.61. The highest BCUT2D eigenvalue weighted by Crippen LogP contribution is 2.18. The molecule has 0 heterocycles. The lowest BCUT2D eigenvalue weighted by atomic mass is 9.97. The monoisotopic (exact) mass is 318 g/mol.